The van der Waals surface area contributed by atoms with Gasteiger partial charge in [0.05, 0.1) is 46.2 Å². The van der Waals surface area contributed by atoms with Crippen molar-refractivity contribution >= 4 is 21.6 Å². The number of benzene rings is 3. The van der Waals surface area contributed by atoms with Crippen molar-refractivity contribution in [1.29, 1.82) is 0 Å². The zero-order valence-electron chi connectivity index (χ0n) is 20.9. The lowest BCUT2D eigenvalue weighted by Gasteiger charge is -2.25. The van der Waals surface area contributed by atoms with Crippen molar-refractivity contribution in [3.8, 4) is 23.0 Å². The molecule has 1 N–H and O–H groups in total. The highest BCUT2D eigenvalue weighted by Gasteiger charge is 2.30. The number of methoxy groups -OCH3 is 4. The molecule has 0 aliphatic heterocycles. The molecule has 192 valence electrons. The Morgan fingerprint density at radius 1 is 0.833 bits per heavy atom. The normalized spacial score (nSPS) is 10.9. The van der Waals surface area contributed by atoms with Crippen molar-refractivity contribution in [3.63, 3.8) is 0 Å². The molecule has 0 heterocycles. The molecule has 0 spiro atoms. The van der Waals surface area contributed by atoms with E-state index in [0.717, 1.165) is 9.87 Å². The van der Waals surface area contributed by atoms with E-state index < -0.39 is 22.5 Å². The highest BCUT2D eigenvalue weighted by atomic mass is 32.2. The molecule has 0 radical (unpaired) electrons. The van der Waals surface area contributed by atoms with Gasteiger partial charge in [-0.25, -0.2) is 8.42 Å². The summed E-state index contributed by atoms with van der Waals surface area (Å²) < 4.78 is 50.1. The van der Waals surface area contributed by atoms with Crippen molar-refractivity contribution in [2.24, 2.45) is 0 Å². The van der Waals surface area contributed by atoms with Crippen LogP contribution < -0.4 is 28.6 Å². The number of hydrogen-bond donors (Lipinski definition) is 1. The van der Waals surface area contributed by atoms with Gasteiger partial charge in [-0.1, -0.05) is 18.2 Å². The fraction of sp³-hybridized carbons (Fsp3) is 0.269. The number of ether oxygens (including phenoxy) is 4. The van der Waals surface area contributed by atoms with Crippen LogP contribution in [0.2, 0.25) is 0 Å². The largest absolute Gasteiger partial charge is 0.497 e. The zero-order chi connectivity index (χ0) is 26.3. The summed E-state index contributed by atoms with van der Waals surface area (Å²) in [6.07, 6.45) is 0. The molecule has 9 nitrogen and oxygen atoms in total. The third-order valence-corrected chi connectivity index (χ3v) is 7.30. The Morgan fingerprint density at radius 2 is 1.47 bits per heavy atom. The summed E-state index contributed by atoms with van der Waals surface area (Å²) in [6, 6.07) is 16.6. The number of hydrogen-bond acceptors (Lipinski definition) is 7. The highest BCUT2D eigenvalue weighted by molar-refractivity contribution is 7.93. The van der Waals surface area contributed by atoms with Crippen molar-refractivity contribution in [3.05, 3.63) is 71.8 Å². The third kappa shape index (κ3) is 5.83. The van der Waals surface area contributed by atoms with E-state index in [-0.39, 0.29) is 22.9 Å². The summed E-state index contributed by atoms with van der Waals surface area (Å²) >= 11 is 0. The first-order valence-corrected chi connectivity index (χ1v) is 12.5. The van der Waals surface area contributed by atoms with Gasteiger partial charge < -0.3 is 24.3 Å². The summed E-state index contributed by atoms with van der Waals surface area (Å²) in [5, 5.41) is 2.77. The second kappa shape index (κ2) is 11.7. The maximum absolute atomic E-state index is 13.9. The first-order chi connectivity index (χ1) is 17.2. The molecule has 1 amide bonds. The van der Waals surface area contributed by atoms with E-state index in [2.05, 4.69) is 5.32 Å². The van der Waals surface area contributed by atoms with Gasteiger partial charge in [-0.3, -0.25) is 9.10 Å². The lowest BCUT2D eigenvalue weighted by molar-refractivity contribution is -0.119. The van der Waals surface area contributed by atoms with Crippen LogP contribution in [-0.2, 0) is 21.4 Å². The summed E-state index contributed by atoms with van der Waals surface area (Å²) in [4.78, 5) is 13.0. The molecule has 0 atom stereocenters. The minimum atomic E-state index is -4.21. The molecular weight excluding hydrogens is 484 g/mol. The molecule has 10 heteroatoms. The molecule has 36 heavy (non-hydrogen) atoms. The lowest BCUT2D eigenvalue weighted by atomic mass is 10.1. The van der Waals surface area contributed by atoms with Gasteiger partial charge in [0.15, 0.2) is 0 Å². The Bertz CT molecular complexity index is 1300. The summed E-state index contributed by atoms with van der Waals surface area (Å²) in [7, 11) is 1.71. The van der Waals surface area contributed by atoms with Crippen LogP contribution in [0.15, 0.2) is 65.6 Å². The number of carbonyl (C=O) groups excluding carboxylic acids is 1. The van der Waals surface area contributed by atoms with Crippen LogP contribution in [0, 0.1) is 6.92 Å². The molecule has 0 aliphatic carbocycles. The highest BCUT2D eigenvalue weighted by Crippen LogP contribution is 2.32. The van der Waals surface area contributed by atoms with Crippen molar-refractivity contribution in [2.45, 2.75) is 18.4 Å². The topological polar surface area (TPSA) is 103 Å². The Labute approximate surface area is 211 Å². The third-order valence-electron chi connectivity index (χ3n) is 5.51. The lowest BCUT2D eigenvalue weighted by Crippen LogP contribution is -2.41. The van der Waals surface area contributed by atoms with E-state index in [4.69, 9.17) is 18.9 Å². The molecule has 0 saturated heterocycles. The number of carbonyl (C=O) groups is 1. The molecule has 0 aliphatic rings. The Hall–Kier alpha value is -3.92. The summed E-state index contributed by atoms with van der Waals surface area (Å²) in [5.74, 6) is 1.17. The van der Waals surface area contributed by atoms with Crippen LogP contribution in [0.3, 0.4) is 0 Å². The summed E-state index contributed by atoms with van der Waals surface area (Å²) in [5.41, 5.74) is 1.63. The SMILES string of the molecule is COc1cccc(N(CC(=O)NCc2c(OC)cccc2OC)S(=O)(=O)c2cc(C)ccc2OC)c1. The van der Waals surface area contributed by atoms with Gasteiger partial charge >= 0.3 is 0 Å². The number of aryl methyl sites for hydroxylation is 1. The second-order valence-corrected chi connectivity index (χ2v) is 9.62. The maximum Gasteiger partial charge on any atom is 0.268 e. The van der Waals surface area contributed by atoms with Crippen LogP contribution in [-0.4, -0.2) is 49.3 Å². The van der Waals surface area contributed by atoms with Crippen LogP contribution in [0.5, 0.6) is 23.0 Å². The number of amides is 1. The molecule has 0 aromatic heterocycles. The van der Waals surface area contributed by atoms with Gasteiger partial charge in [-0.15, -0.1) is 0 Å². The predicted octanol–water partition coefficient (Wildman–Crippen LogP) is 3.54. The standard InChI is InChI=1S/C26H30N2O7S/c1-18-12-13-24(35-5)25(14-18)36(30,31)28(19-8-6-9-20(15-19)32-2)17-26(29)27-16-21-22(33-3)10-7-11-23(21)34-4/h6-15H,16-17H2,1-5H3,(H,27,29). The van der Waals surface area contributed by atoms with Crippen LogP contribution in [0.4, 0.5) is 5.69 Å². The van der Waals surface area contributed by atoms with E-state index in [1.807, 2.05) is 0 Å². The minimum absolute atomic E-state index is 0.0491. The average molecular weight is 515 g/mol. The van der Waals surface area contributed by atoms with Crippen molar-refractivity contribution in [2.75, 3.05) is 39.3 Å². The van der Waals surface area contributed by atoms with Gasteiger partial charge in [0, 0.05) is 6.07 Å². The van der Waals surface area contributed by atoms with E-state index in [0.29, 0.717) is 22.8 Å². The molecule has 0 unspecified atom stereocenters. The Morgan fingerprint density at radius 3 is 2.08 bits per heavy atom. The minimum Gasteiger partial charge on any atom is -0.497 e. The number of rotatable bonds is 11. The van der Waals surface area contributed by atoms with E-state index >= 15 is 0 Å². The fourth-order valence-electron chi connectivity index (χ4n) is 3.66. The van der Waals surface area contributed by atoms with Gasteiger partial charge in [0.25, 0.3) is 10.0 Å². The zero-order valence-corrected chi connectivity index (χ0v) is 21.7. The van der Waals surface area contributed by atoms with Crippen LogP contribution >= 0.6 is 0 Å². The number of nitrogens with zero attached hydrogens (tertiary/aromatic N) is 1. The van der Waals surface area contributed by atoms with Crippen LogP contribution in [0.25, 0.3) is 0 Å². The van der Waals surface area contributed by atoms with Gasteiger partial charge in [-0.05, 0) is 48.9 Å². The van der Waals surface area contributed by atoms with Gasteiger partial charge in [0.1, 0.15) is 34.4 Å². The smallest absolute Gasteiger partial charge is 0.268 e. The fourth-order valence-corrected chi connectivity index (χ4v) is 5.32. The number of anilines is 1. The van der Waals surface area contributed by atoms with Crippen LogP contribution in [0.1, 0.15) is 11.1 Å². The molecule has 3 rings (SSSR count). The monoisotopic (exact) mass is 514 g/mol. The Balaban J connectivity index is 1.97. The molecule has 0 bridgehead atoms. The Kier molecular flexibility index (Phi) is 8.65. The molecule has 3 aromatic carbocycles. The van der Waals surface area contributed by atoms with Gasteiger partial charge in [0.2, 0.25) is 5.91 Å². The van der Waals surface area contributed by atoms with Crippen molar-refractivity contribution < 1.29 is 32.2 Å². The molecular formula is C26H30N2O7S. The average Bonchev–Trinajstić information content (AvgIpc) is 2.90. The first kappa shape index (κ1) is 26.7. The number of sulfonamides is 1. The summed E-state index contributed by atoms with van der Waals surface area (Å²) in [6.45, 7) is 1.37. The molecule has 3 aromatic rings. The van der Waals surface area contributed by atoms with E-state index in [1.165, 1.54) is 34.5 Å². The van der Waals surface area contributed by atoms with E-state index in [1.54, 1.807) is 61.5 Å². The van der Waals surface area contributed by atoms with Gasteiger partial charge in [-0.2, -0.15) is 0 Å². The first-order valence-electron chi connectivity index (χ1n) is 11.0. The number of nitrogens with one attached hydrogen (secondary N) is 1. The van der Waals surface area contributed by atoms with E-state index in [9.17, 15) is 13.2 Å². The molecule has 0 saturated carbocycles. The predicted molar refractivity (Wildman–Crippen MR) is 137 cm³/mol. The quantitative estimate of drug-likeness (QED) is 0.417. The second-order valence-electron chi connectivity index (χ2n) is 7.79. The van der Waals surface area contributed by atoms with Crippen molar-refractivity contribution in [1.82, 2.24) is 5.32 Å². The maximum atomic E-state index is 13.9. The molecule has 0 fully saturated rings.